The first-order chi connectivity index (χ1) is 30.8. The Morgan fingerprint density at radius 2 is 1.32 bits per heavy atom. The molecular formula is C47H47Cl5N12O. The number of hydrogen-bond acceptors (Lipinski definition) is 11. The van der Waals surface area contributed by atoms with Gasteiger partial charge in [0, 0.05) is 51.1 Å². The first-order valence-electron chi connectivity index (χ1n) is 21.4. The van der Waals surface area contributed by atoms with Crippen LogP contribution in [0.5, 0.6) is 0 Å². The van der Waals surface area contributed by atoms with E-state index in [4.69, 9.17) is 62.1 Å². The number of aromatic nitrogens is 8. The zero-order valence-electron chi connectivity index (χ0n) is 36.2. The molecule has 13 nitrogen and oxygen atoms in total. The zero-order valence-corrected chi connectivity index (χ0v) is 40.1. The molecular weight excluding hydrogens is 926 g/mol. The summed E-state index contributed by atoms with van der Waals surface area (Å²) in [5, 5.41) is 30.3. The van der Waals surface area contributed by atoms with Crippen LogP contribution in [0, 0.1) is 34.5 Å². The number of ketones is 1. The van der Waals surface area contributed by atoms with E-state index >= 15 is 0 Å². The molecule has 0 bridgehead atoms. The first-order valence-corrected chi connectivity index (χ1v) is 22.9. The lowest BCUT2D eigenvalue weighted by atomic mass is 9.83. The Morgan fingerprint density at radius 3 is 1.78 bits per heavy atom. The third kappa shape index (κ3) is 9.66. The number of halogens is 5. The van der Waals surface area contributed by atoms with Crippen LogP contribution in [0.2, 0.25) is 20.1 Å². The quantitative estimate of drug-likeness (QED) is 0.153. The van der Waals surface area contributed by atoms with Gasteiger partial charge < -0.3 is 5.73 Å². The van der Waals surface area contributed by atoms with Crippen LogP contribution in [-0.2, 0) is 4.79 Å². The molecule has 336 valence electrons. The standard InChI is InChI=1S/C26H29Cl2N7.C21H17Cl2N5O.ClH/c1-15-10-17(5-8-24(15)34-9-3-4-19(34)12-29)23-14-31-25-22(13-30)33-35(26(25)32-23)16(2)20-7-6-18(27)11-21(20)28;1-11-7-13(3-6-19(11)29)18-10-25-20-17(9-24)27-28(21(20)26-18)12(2)15-5-4-14(22)8-16(15)23;/h5-7,11,14-16,19,24H,3-4,8-10,12,29H2,1-2H3;3-5,8,10-12H,6-7H2,1-2H3;1H/t15-,16-,19+,24?;11?,12-;/m11./s1. The number of likely N-dealkylation sites (tertiary alicyclic amines) is 1. The van der Waals surface area contributed by atoms with E-state index in [9.17, 15) is 15.3 Å². The number of Topliss-reactive ketones (excluding diaryl/α,β-unsaturated/α-hetero) is 1. The topological polar surface area (TPSA) is 181 Å². The molecule has 0 radical (unpaired) electrons. The molecule has 3 aliphatic rings. The summed E-state index contributed by atoms with van der Waals surface area (Å²) in [6.45, 7) is 10.0. The van der Waals surface area contributed by atoms with E-state index < -0.39 is 0 Å². The number of allylic oxidation sites excluding steroid dienone is 3. The Labute approximate surface area is 403 Å². The summed E-state index contributed by atoms with van der Waals surface area (Å²) in [6, 6.07) is 15.4. The summed E-state index contributed by atoms with van der Waals surface area (Å²) in [5.74, 6) is 0.676. The van der Waals surface area contributed by atoms with Crippen molar-refractivity contribution in [2.45, 2.75) is 90.4 Å². The minimum Gasteiger partial charge on any atom is -0.329 e. The third-order valence-corrected chi connectivity index (χ3v) is 13.9. The van der Waals surface area contributed by atoms with E-state index in [1.165, 1.54) is 18.4 Å². The lowest BCUT2D eigenvalue weighted by Crippen LogP contribution is -2.46. The summed E-state index contributed by atoms with van der Waals surface area (Å²) in [6.07, 6.45) is 13.0. The van der Waals surface area contributed by atoms with Gasteiger partial charge in [0.15, 0.2) is 22.7 Å². The second kappa shape index (κ2) is 20.3. The second-order valence-electron chi connectivity index (χ2n) is 16.8. The van der Waals surface area contributed by atoms with Gasteiger partial charge in [-0.15, -0.1) is 12.4 Å². The van der Waals surface area contributed by atoms with E-state index in [0.29, 0.717) is 79.0 Å². The molecule has 2 aromatic carbocycles. The van der Waals surface area contributed by atoms with Crippen molar-refractivity contribution in [1.29, 1.82) is 10.5 Å². The molecule has 65 heavy (non-hydrogen) atoms. The van der Waals surface area contributed by atoms with E-state index in [-0.39, 0.29) is 47.6 Å². The van der Waals surface area contributed by atoms with Crippen LogP contribution in [0.15, 0.2) is 60.9 Å². The normalized spacial score (nSPS) is 20.8. The van der Waals surface area contributed by atoms with Crippen LogP contribution in [-0.4, -0.2) is 75.4 Å². The van der Waals surface area contributed by atoms with Crippen LogP contribution in [0.3, 0.4) is 0 Å². The Hall–Kier alpha value is -4.96. The van der Waals surface area contributed by atoms with Crippen LogP contribution >= 0.6 is 58.8 Å². The smallest absolute Gasteiger partial charge is 0.190 e. The maximum Gasteiger partial charge on any atom is 0.190 e. The maximum atomic E-state index is 11.8. The number of nitriles is 2. The molecule has 1 aliphatic heterocycles. The Bertz CT molecular complexity index is 2930. The van der Waals surface area contributed by atoms with Gasteiger partial charge in [0.25, 0.3) is 0 Å². The fourth-order valence-corrected chi connectivity index (χ4v) is 10.3. The number of rotatable bonds is 8. The lowest BCUT2D eigenvalue weighted by molar-refractivity contribution is -0.121. The number of fused-ring (bicyclic) bond motifs is 2. The molecule has 2 N–H and O–H groups in total. The summed E-state index contributed by atoms with van der Waals surface area (Å²) in [5.41, 5.74) is 13.9. The van der Waals surface area contributed by atoms with Gasteiger partial charge in [0.1, 0.15) is 29.0 Å². The molecule has 6 aromatic rings. The first kappa shape index (κ1) is 48.0. The van der Waals surface area contributed by atoms with Crippen molar-refractivity contribution in [3.05, 3.63) is 115 Å². The van der Waals surface area contributed by atoms with Gasteiger partial charge in [-0.3, -0.25) is 9.69 Å². The van der Waals surface area contributed by atoms with Gasteiger partial charge in [-0.2, -0.15) is 20.7 Å². The van der Waals surface area contributed by atoms with Crippen LogP contribution in [0.1, 0.15) is 112 Å². The van der Waals surface area contributed by atoms with Gasteiger partial charge in [0.2, 0.25) is 0 Å². The SMILES string of the molecule is CC1CC(c2cnc3c(C#N)nn([C@H](C)c4ccc(Cl)cc4Cl)c3n2)=CCC1=O.C[C@@H]1CC(c2cnc3c(C#N)nn([C@H](C)c4ccc(Cl)cc4Cl)c3n2)=CCC1N1CCC[C@H]1CN.Cl. The van der Waals surface area contributed by atoms with E-state index in [1.807, 2.05) is 39.0 Å². The van der Waals surface area contributed by atoms with Gasteiger partial charge in [-0.1, -0.05) is 84.5 Å². The summed E-state index contributed by atoms with van der Waals surface area (Å²) < 4.78 is 3.41. The highest BCUT2D eigenvalue weighted by atomic mass is 35.5. The van der Waals surface area contributed by atoms with Gasteiger partial charge in [-0.05, 0) is 105 Å². The molecule has 0 saturated carbocycles. The largest absolute Gasteiger partial charge is 0.329 e. The van der Waals surface area contributed by atoms with Crippen LogP contribution < -0.4 is 5.73 Å². The molecule has 0 spiro atoms. The maximum absolute atomic E-state index is 11.8. The summed E-state index contributed by atoms with van der Waals surface area (Å²) >= 11 is 25.0. The van der Waals surface area contributed by atoms with Crippen LogP contribution in [0.25, 0.3) is 33.5 Å². The molecule has 4 aromatic heterocycles. The summed E-state index contributed by atoms with van der Waals surface area (Å²) in [4.78, 5) is 33.2. The lowest BCUT2D eigenvalue weighted by Gasteiger charge is -2.38. The average Bonchev–Trinajstić information content (AvgIpc) is 4.02. The van der Waals surface area contributed by atoms with Crippen molar-refractivity contribution >= 4 is 98.1 Å². The predicted molar refractivity (Wildman–Crippen MR) is 258 cm³/mol. The van der Waals surface area contributed by atoms with E-state index in [2.05, 4.69) is 50.2 Å². The highest BCUT2D eigenvalue weighted by molar-refractivity contribution is 6.35. The molecule has 9 rings (SSSR count). The second-order valence-corrected chi connectivity index (χ2v) is 18.5. The van der Waals surface area contributed by atoms with Crippen molar-refractivity contribution in [1.82, 2.24) is 44.4 Å². The highest BCUT2D eigenvalue weighted by Crippen LogP contribution is 2.38. The minimum atomic E-state index is -0.283. The third-order valence-electron chi connectivity index (χ3n) is 12.8. The molecule has 1 fully saturated rings. The molecule has 1 saturated heterocycles. The van der Waals surface area contributed by atoms with Gasteiger partial charge in [-0.25, -0.2) is 29.3 Å². The number of carbonyl (C=O) groups excluding carboxylic acids is 1. The number of benzene rings is 2. The van der Waals surface area contributed by atoms with Crippen molar-refractivity contribution in [3.8, 4) is 12.1 Å². The Morgan fingerprint density at radius 1 is 0.800 bits per heavy atom. The molecule has 2 aliphatic carbocycles. The Balaban J connectivity index is 0.000000194. The summed E-state index contributed by atoms with van der Waals surface area (Å²) in [7, 11) is 0. The average molecular weight is 973 g/mol. The van der Waals surface area contributed by atoms with Crippen molar-refractivity contribution in [3.63, 3.8) is 0 Å². The highest BCUT2D eigenvalue weighted by Gasteiger charge is 2.35. The number of carbonyl (C=O) groups is 1. The molecule has 18 heteroatoms. The van der Waals surface area contributed by atoms with Crippen molar-refractivity contribution in [2.75, 3.05) is 13.1 Å². The van der Waals surface area contributed by atoms with Crippen molar-refractivity contribution in [2.24, 2.45) is 17.6 Å². The fraction of sp³-hybridized carbons (Fsp3) is 0.383. The number of nitrogens with zero attached hydrogens (tertiary/aromatic N) is 11. The van der Waals surface area contributed by atoms with Gasteiger partial charge in [0.05, 0.1) is 35.9 Å². The molecule has 6 atom stereocenters. The van der Waals surface area contributed by atoms with Gasteiger partial charge >= 0.3 is 0 Å². The predicted octanol–water partition coefficient (Wildman–Crippen LogP) is 10.6. The van der Waals surface area contributed by atoms with E-state index in [1.54, 1.807) is 46.0 Å². The Kier molecular flexibility index (Phi) is 15.0. The van der Waals surface area contributed by atoms with Crippen LogP contribution in [0.4, 0.5) is 0 Å². The monoisotopic (exact) mass is 970 g/mol. The number of hydrogen-bond donors (Lipinski definition) is 1. The zero-order chi connectivity index (χ0) is 45.4. The number of nitrogens with two attached hydrogens (primary N) is 1. The molecule has 2 unspecified atom stereocenters. The molecule has 0 amide bonds. The van der Waals surface area contributed by atoms with E-state index in [0.717, 1.165) is 48.3 Å². The van der Waals surface area contributed by atoms with Crippen molar-refractivity contribution < 1.29 is 4.79 Å². The molecule has 5 heterocycles. The minimum absolute atomic E-state index is 0. The fourth-order valence-electron chi connectivity index (χ4n) is 9.20.